The number of hydrogen-bond acceptors (Lipinski definition) is 3. The van der Waals surface area contributed by atoms with Gasteiger partial charge in [-0.2, -0.15) is 0 Å². The zero-order valence-corrected chi connectivity index (χ0v) is 8.61. The number of carbonyl (C=O) groups excluding carboxylic acids is 1. The molecular formula is C12H15NO2. The van der Waals surface area contributed by atoms with Gasteiger partial charge in [0, 0.05) is 5.56 Å². The van der Waals surface area contributed by atoms with E-state index in [-0.39, 0.29) is 12.3 Å². The Balaban J connectivity index is 2.07. The third kappa shape index (κ3) is 2.36. The van der Waals surface area contributed by atoms with Crippen molar-refractivity contribution in [3.05, 3.63) is 29.8 Å². The fourth-order valence-electron chi connectivity index (χ4n) is 1.54. The molecule has 0 aromatic heterocycles. The van der Waals surface area contributed by atoms with Gasteiger partial charge < -0.3 is 10.5 Å². The van der Waals surface area contributed by atoms with Crippen molar-refractivity contribution in [1.82, 2.24) is 0 Å². The molecule has 15 heavy (non-hydrogen) atoms. The molecule has 1 aromatic carbocycles. The molecule has 1 aromatic rings. The SMILES string of the molecule is NCC(=O)c1cccc(OC2CCC2)c1. The summed E-state index contributed by atoms with van der Waals surface area (Å²) in [6.07, 6.45) is 3.82. The van der Waals surface area contributed by atoms with Crippen molar-refractivity contribution in [3.8, 4) is 5.75 Å². The predicted molar refractivity (Wildman–Crippen MR) is 58.1 cm³/mol. The van der Waals surface area contributed by atoms with E-state index in [0.29, 0.717) is 11.7 Å². The maximum atomic E-state index is 11.4. The Morgan fingerprint density at radius 1 is 1.47 bits per heavy atom. The molecule has 0 atom stereocenters. The van der Waals surface area contributed by atoms with Crippen molar-refractivity contribution in [3.63, 3.8) is 0 Å². The zero-order valence-electron chi connectivity index (χ0n) is 8.61. The van der Waals surface area contributed by atoms with Crippen LogP contribution in [0.25, 0.3) is 0 Å². The highest BCUT2D eigenvalue weighted by Crippen LogP contribution is 2.25. The lowest BCUT2D eigenvalue weighted by Gasteiger charge is -2.26. The van der Waals surface area contributed by atoms with Crippen LogP contribution in [0.3, 0.4) is 0 Å². The van der Waals surface area contributed by atoms with Gasteiger partial charge in [0.25, 0.3) is 0 Å². The van der Waals surface area contributed by atoms with Gasteiger partial charge in [-0.15, -0.1) is 0 Å². The van der Waals surface area contributed by atoms with Gasteiger partial charge in [0.15, 0.2) is 5.78 Å². The monoisotopic (exact) mass is 205 g/mol. The molecule has 3 nitrogen and oxygen atoms in total. The number of ketones is 1. The quantitative estimate of drug-likeness (QED) is 0.762. The molecule has 0 radical (unpaired) electrons. The van der Waals surface area contributed by atoms with E-state index in [0.717, 1.165) is 18.6 Å². The second-order valence-corrected chi connectivity index (χ2v) is 3.83. The Morgan fingerprint density at radius 3 is 2.87 bits per heavy atom. The van der Waals surface area contributed by atoms with E-state index in [2.05, 4.69) is 0 Å². The van der Waals surface area contributed by atoms with Gasteiger partial charge in [-0.1, -0.05) is 12.1 Å². The van der Waals surface area contributed by atoms with Gasteiger partial charge >= 0.3 is 0 Å². The second kappa shape index (κ2) is 4.45. The molecule has 2 rings (SSSR count). The molecule has 1 aliphatic carbocycles. The minimum absolute atomic E-state index is 0.0472. The lowest BCUT2D eigenvalue weighted by atomic mass is 9.96. The van der Waals surface area contributed by atoms with Gasteiger partial charge in [0.1, 0.15) is 5.75 Å². The lowest BCUT2D eigenvalue weighted by Crippen LogP contribution is -2.24. The maximum Gasteiger partial charge on any atom is 0.176 e. The van der Waals surface area contributed by atoms with Gasteiger partial charge in [-0.05, 0) is 31.4 Å². The van der Waals surface area contributed by atoms with Gasteiger partial charge in [-0.3, -0.25) is 4.79 Å². The highest BCUT2D eigenvalue weighted by atomic mass is 16.5. The molecule has 0 spiro atoms. The average molecular weight is 205 g/mol. The normalized spacial score (nSPS) is 15.8. The number of carbonyl (C=O) groups is 1. The molecule has 1 fully saturated rings. The lowest BCUT2D eigenvalue weighted by molar-refractivity contribution is 0.0997. The van der Waals surface area contributed by atoms with E-state index >= 15 is 0 Å². The van der Waals surface area contributed by atoms with Crippen LogP contribution in [0.1, 0.15) is 29.6 Å². The van der Waals surface area contributed by atoms with Crippen LogP contribution in [0.4, 0.5) is 0 Å². The Labute approximate surface area is 89.2 Å². The Morgan fingerprint density at radius 2 is 2.27 bits per heavy atom. The van der Waals surface area contributed by atoms with E-state index < -0.39 is 0 Å². The molecule has 0 unspecified atom stereocenters. The molecule has 0 heterocycles. The van der Waals surface area contributed by atoms with Gasteiger partial charge in [-0.25, -0.2) is 0 Å². The number of ether oxygens (including phenoxy) is 1. The van der Waals surface area contributed by atoms with E-state index in [1.54, 1.807) is 12.1 Å². The molecule has 1 aliphatic rings. The minimum atomic E-state index is -0.0472. The highest BCUT2D eigenvalue weighted by Gasteiger charge is 2.19. The first-order valence-electron chi connectivity index (χ1n) is 5.29. The predicted octanol–water partition coefficient (Wildman–Crippen LogP) is 1.76. The van der Waals surface area contributed by atoms with Crippen LogP contribution in [0.5, 0.6) is 5.75 Å². The summed E-state index contributed by atoms with van der Waals surface area (Å²) in [6.45, 7) is 0.0485. The number of rotatable bonds is 4. The van der Waals surface area contributed by atoms with Crippen LogP contribution in [0.15, 0.2) is 24.3 Å². The summed E-state index contributed by atoms with van der Waals surface area (Å²) in [6, 6.07) is 7.25. The number of hydrogen-bond donors (Lipinski definition) is 1. The minimum Gasteiger partial charge on any atom is -0.490 e. The van der Waals surface area contributed by atoms with E-state index in [9.17, 15) is 4.79 Å². The number of Topliss-reactive ketones (excluding diaryl/α,β-unsaturated/α-hetero) is 1. The molecule has 0 aliphatic heterocycles. The zero-order chi connectivity index (χ0) is 10.7. The highest BCUT2D eigenvalue weighted by molar-refractivity contribution is 5.97. The van der Waals surface area contributed by atoms with Crippen molar-refractivity contribution >= 4 is 5.78 Å². The average Bonchev–Trinajstić information content (AvgIpc) is 2.23. The van der Waals surface area contributed by atoms with Crippen molar-refractivity contribution in [1.29, 1.82) is 0 Å². The molecule has 0 bridgehead atoms. The molecule has 80 valence electrons. The topological polar surface area (TPSA) is 52.3 Å². The van der Waals surface area contributed by atoms with Crippen molar-refractivity contribution in [2.24, 2.45) is 5.73 Å². The van der Waals surface area contributed by atoms with Crippen LogP contribution in [-0.4, -0.2) is 18.4 Å². The van der Waals surface area contributed by atoms with Crippen LogP contribution in [0.2, 0.25) is 0 Å². The first kappa shape index (κ1) is 10.2. The maximum absolute atomic E-state index is 11.4. The van der Waals surface area contributed by atoms with E-state index in [4.69, 9.17) is 10.5 Å². The molecule has 0 amide bonds. The summed E-state index contributed by atoms with van der Waals surface area (Å²) in [7, 11) is 0. The smallest absolute Gasteiger partial charge is 0.176 e. The van der Waals surface area contributed by atoms with Gasteiger partial charge in [0.05, 0.1) is 12.6 Å². The second-order valence-electron chi connectivity index (χ2n) is 3.83. The third-order valence-corrected chi connectivity index (χ3v) is 2.70. The van der Waals surface area contributed by atoms with E-state index in [1.807, 2.05) is 12.1 Å². The van der Waals surface area contributed by atoms with Crippen molar-refractivity contribution in [2.45, 2.75) is 25.4 Å². The Hall–Kier alpha value is -1.35. The third-order valence-electron chi connectivity index (χ3n) is 2.70. The summed E-state index contributed by atoms with van der Waals surface area (Å²) >= 11 is 0. The Bertz CT molecular complexity index is 358. The summed E-state index contributed by atoms with van der Waals surface area (Å²) in [5.41, 5.74) is 5.94. The van der Waals surface area contributed by atoms with Gasteiger partial charge in [0.2, 0.25) is 0 Å². The molecular weight excluding hydrogens is 190 g/mol. The Kier molecular flexibility index (Phi) is 3.02. The standard InChI is InChI=1S/C12H15NO2/c13-8-12(14)9-3-1-6-11(7-9)15-10-4-2-5-10/h1,3,6-7,10H,2,4-5,8,13H2. The summed E-state index contributed by atoms with van der Waals surface area (Å²) in [5.74, 6) is 0.730. The molecule has 3 heteroatoms. The van der Waals surface area contributed by atoms with Crippen LogP contribution < -0.4 is 10.5 Å². The number of benzene rings is 1. The van der Waals surface area contributed by atoms with Crippen molar-refractivity contribution < 1.29 is 9.53 Å². The summed E-state index contributed by atoms with van der Waals surface area (Å²) in [4.78, 5) is 11.4. The molecule has 2 N–H and O–H groups in total. The summed E-state index contributed by atoms with van der Waals surface area (Å²) in [5, 5.41) is 0. The molecule has 1 saturated carbocycles. The largest absolute Gasteiger partial charge is 0.490 e. The summed E-state index contributed by atoms with van der Waals surface area (Å²) < 4.78 is 5.69. The first-order valence-corrected chi connectivity index (χ1v) is 5.29. The van der Waals surface area contributed by atoms with E-state index in [1.165, 1.54) is 6.42 Å². The van der Waals surface area contributed by atoms with Crippen LogP contribution >= 0.6 is 0 Å². The van der Waals surface area contributed by atoms with Crippen LogP contribution in [0, 0.1) is 0 Å². The fraction of sp³-hybridized carbons (Fsp3) is 0.417. The first-order chi connectivity index (χ1) is 7.29. The van der Waals surface area contributed by atoms with Crippen molar-refractivity contribution in [2.75, 3.05) is 6.54 Å². The number of nitrogens with two attached hydrogens (primary N) is 1. The molecule has 0 saturated heterocycles. The van der Waals surface area contributed by atoms with Crippen LogP contribution in [-0.2, 0) is 0 Å². The fourth-order valence-corrected chi connectivity index (χ4v) is 1.54.